The van der Waals surface area contributed by atoms with E-state index in [0.717, 1.165) is 10.0 Å². The van der Waals surface area contributed by atoms with Gasteiger partial charge in [-0.1, -0.05) is 22.0 Å². The second kappa shape index (κ2) is 5.63. The Labute approximate surface area is 114 Å². The average molecular weight is 312 g/mol. The molecule has 0 aliphatic rings. The number of aryl methyl sites for hydroxylation is 1. The van der Waals surface area contributed by atoms with E-state index in [-0.39, 0.29) is 11.9 Å². The zero-order chi connectivity index (χ0) is 13.1. The Morgan fingerprint density at radius 2 is 2.28 bits per heavy atom. The third-order valence-electron chi connectivity index (χ3n) is 2.88. The molecule has 0 amide bonds. The lowest BCUT2D eigenvalue weighted by molar-refractivity contribution is 0.533. The van der Waals surface area contributed by atoms with Crippen molar-refractivity contribution >= 4 is 15.9 Å². The summed E-state index contributed by atoms with van der Waals surface area (Å²) in [5.41, 5.74) is 1.75. The van der Waals surface area contributed by atoms with Crippen LogP contribution >= 0.6 is 15.9 Å². The van der Waals surface area contributed by atoms with Crippen molar-refractivity contribution in [3.63, 3.8) is 0 Å². The third kappa shape index (κ3) is 2.97. The number of rotatable bonds is 4. The lowest BCUT2D eigenvalue weighted by Crippen LogP contribution is -2.19. The summed E-state index contributed by atoms with van der Waals surface area (Å²) in [6.07, 6.45) is 4.46. The van der Waals surface area contributed by atoms with E-state index in [0.29, 0.717) is 12.0 Å². The molecule has 96 valence electrons. The molecule has 0 aliphatic heterocycles. The van der Waals surface area contributed by atoms with E-state index < -0.39 is 0 Å². The molecule has 0 radical (unpaired) electrons. The van der Waals surface area contributed by atoms with Gasteiger partial charge in [0.25, 0.3) is 0 Å². The largest absolute Gasteiger partial charge is 0.313 e. The number of hydrogen-bond donors (Lipinski definition) is 1. The van der Waals surface area contributed by atoms with Crippen molar-refractivity contribution in [2.75, 3.05) is 7.05 Å². The number of benzene rings is 1. The molecule has 2 rings (SSSR count). The topological polar surface area (TPSA) is 29.9 Å². The van der Waals surface area contributed by atoms with Crippen molar-refractivity contribution in [1.29, 1.82) is 0 Å². The number of nitrogens with zero attached hydrogens (tertiary/aromatic N) is 2. The first kappa shape index (κ1) is 13.2. The first-order valence-electron chi connectivity index (χ1n) is 5.70. The fourth-order valence-corrected chi connectivity index (χ4v) is 2.30. The zero-order valence-electron chi connectivity index (χ0n) is 10.3. The Balaban J connectivity index is 2.22. The molecule has 2 aromatic rings. The minimum absolute atomic E-state index is 0.0534. The standard InChI is InChI=1S/C13H15BrFN3/c1-16-13(5-9-7-17-18(2)8-9)11-4-3-10(14)6-12(11)15/h3-4,6-8,13,16H,5H2,1-2H3. The molecule has 1 atom stereocenters. The van der Waals surface area contributed by atoms with Gasteiger partial charge in [0, 0.05) is 29.3 Å². The molecule has 0 saturated heterocycles. The molecular weight excluding hydrogens is 297 g/mol. The molecule has 0 saturated carbocycles. The van der Waals surface area contributed by atoms with Gasteiger partial charge in [0.1, 0.15) is 5.82 Å². The average Bonchev–Trinajstić information content (AvgIpc) is 2.72. The van der Waals surface area contributed by atoms with Gasteiger partial charge in [0.15, 0.2) is 0 Å². The first-order chi connectivity index (χ1) is 8.60. The Morgan fingerprint density at radius 1 is 1.50 bits per heavy atom. The minimum atomic E-state index is -0.201. The molecule has 0 bridgehead atoms. The molecule has 1 unspecified atom stereocenters. The summed E-state index contributed by atoms with van der Waals surface area (Å²) in [4.78, 5) is 0. The summed E-state index contributed by atoms with van der Waals surface area (Å²) < 4.78 is 16.4. The fraction of sp³-hybridized carbons (Fsp3) is 0.308. The second-order valence-electron chi connectivity index (χ2n) is 4.23. The van der Waals surface area contributed by atoms with Crippen molar-refractivity contribution < 1.29 is 4.39 Å². The van der Waals surface area contributed by atoms with Crippen LogP contribution in [0.4, 0.5) is 4.39 Å². The smallest absolute Gasteiger partial charge is 0.129 e. The van der Waals surface area contributed by atoms with Crippen LogP contribution in [0.3, 0.4) is 0 Å². The number of halogens is 2. The van der Waals surface area contributed by atoms with Gasteiger partial charge in [0.05, 0.1) is 6.20 Å². The Kier molecular flexibility index (Phi) is 4.14. The highest BCUT2D eigenvalue weighted by Crippen LogP contribution is 2.23. The number of hydrogen-bond acceptors (Lipinski definition) is 2. The second-order valence-corrected chi connectivity index (χ2v) is 5.15. The normalized spacial score (nSPS) is 12.7. The van der Waals surface area contributed by atoms with E-state index in [2.05, 4.69) is 26.3 Å². The van der Waals surface area contributed by atoms with Crippen LogP contribution < -0.4 is 5.32 Å². The highest BCUT2D eigenvalue weighted by Gasteiger charge is 2.15. The molecule has 0 spiro atoms. The van der Waals surface area contributed by atoms with Crippen molar-refractivity contribution in [3.8, 4) is 0 Å². The van der Waals surface area contributed by atoms with Crippen molar-refractivity contribution in [3.05, 3.63) is 52.0 Å². The van der Waals surface area contributed by atoms with Gasteiger partial charge in [-0.3, -0.25) is 4.68 Å². The maximum atomic E-state index is 13.9. The summed E-state index contributed by atoms with van der Waals surface area (Å²) in [5.74, 6) is -0.201. The molecule has 1 N–H and O–H groups in total. The Morgan fingerprint density at radius 3 is 2.83 bits per heavy atom. The molecule has 3 nitrogen and oxygen atoms in total. The van der Waals surface area contributed by atoms with Crippen LogP contribution in [-0.4, -0.2) is 16.8 Å². The lowest BCUT2D eigenvalue weighted by atomic mass is 10.0. The maximum Gasteiger partial charge on any atom is 0.129 e. The number of aromatic nitrogens is 2. The molecule has 1 aromatic heterocycles. The van der Waals surface area contributed by atoms with Gasteiger partial charge in [-0.15, -0.1) is 0 Å². The minimum Gasteiger partial charge on any atom is -0.313 e. The summed E-state index contributed by atoms with van der Waals surface area (Å²) in [5, 5.41) is 7.27. The van der Waals surface area contributed by atoms with E-state index in [9.17, 15) is 4.39 Å². The van der Waals surface area contributed by atoms with Crippen LogP contribution in [0, 0.1) is 5.82 Å². The highest BCUT2D eigenvalue weighted by molar-refractivity contribution is 9.10. The molecule has 5 heteroatoms. The van der Waals surface area contributed by atoms with Gasteiger partial charge in [-0.25, -0.2) is 4.39 Å². The van der Waals surface area contributed by atoms with E-state index in [1.807, 2.05) is 26.4 Å². The Bertz CT molecular complexity index is 539. The Hall–Kier alpha value is -1.20. The van der Waals surface area contributed by atoms with Crippen LogP contribution in [0.2, 0.25) is 0 Å². The lowest BCUT2D eigenvalue weighted by Gasteiger charge is -2.16. The summed E-state index contributed by atoms with van der Waals surface area (Å²) in [6, 6.07) is 5.09. The van der Waals surface area contributed by atoms with E-state index >= 15 is 0 Å². The molecule has 1 aromatic carbocycles. The zero-order valence-corrected chi connectivity index (χ0v) is 11.9. The van der Waals surface area contributed by atoms with E-state index in [1.54, 1.807) is 16.9 Å². The van der Waals surface area contributed by atoms with Crippen molar-refractivity contribution in [1.82, 2.24) is 15.1 Å². The molecule has 0 fully saturated rings. The van der Waals surface area contributed by atoms with Gasteiger partial charge < -0.3 is 5.32 Å². The molecule has 1 heterocycles. The van der Waals surface area contributed by atoms with Gasteiger partial charge in [-0.05, 0) is 31.2 Å². The molecule has 18 heavy (non-hydrogen) atoms. The predicted octanol–water partition coefficient (Wildman–Crippen LogP) is 2.82. The van der Waals surface area contributed by atoms with Crippen LogP contribution in [0.15, 0.2) is 35.1 Å². The monoisotopic (exact) mass is 311 g/mol. The molecule has 0 aliphatic carbocycles. The van der Waals surface area contributed by atoms with E-state index in [4.69, 9.17) is 0 Å². The fourth-order valence-electron chi connectivity index (χ4n) is 1.96. The van der Waals surface area contributed by atoms with Crippen LogP contribution in [-0.2, 0) is 13.5 Å². The van der Waals surface area contributed by atoms with Gasteiger partial charge in [-0.2, -0.15) is 5.10 Å². The SMILES string of the molecule is CNC(Cc1cnn(C)c1)c1ccc(Br)cc1F. The van der Waals surface area contributed by atoms with Gasteiger partial charge >= 0.3 is 0 Å². The number of likely N-dealkylation sites (N-methyl/N-ethyl adjacent to an activating group) is 1. The summed E-state index contributed by atoms with van der Waals surface area (Å²) >= 11 is 3.26. The highest BCUT2D eigenvalue weighted by atomic mass is 79.9. The summed E-state index contributed by atoms with van der Waals surface area (Å²) in [7, 11) is 3.71. The quantitative estimate of drug-likeness (QED) is 0.941. The third-order valence-corrected chi connectivity index (χ3v) is 3.38. The van der Waals surface area contributed by atoms with Crippen molar-refractivity contribution in [2.24, 2.45) is 7.05 Å². The predicted molar refractivity (Wildman–Crippen MR) is 72.8 cm³/mol. The van der Waals surface area contributed by atoms with Crippen LogP contribution in [0.1, 0.15) is 17.2 Å². The van der Waals surface area contributed by atoms with Crippen LogP contribution in [0.5, 0.6) is 0 Å². The maximum absolute atomic E-state index is 13.9. The number of nitrogens with one attached hydrogen (secondary N) is 1. The van der Waals surface area contributed by atoms with Crippen molar-refractivity contribution in [2.45, 2.75) is 12.5 Å². The van der Waals surface area contributed by atoms with Crippen LogP contribution in [0.25, 0.3) is 0 Å². The van der Waals surface area contributed by atoms with Gasteiger partial charge in [0.2, 0.25) is 0 Å². The summed E-state index contributed by atoms with van der Waals surface area (Å²) in [6.45, 7) is 0. The first-order valence-corrected chi connectivity index (χ1v) is 6.49. The molecular formula is C13H15BrFN3. The van der Waals surface area contributed by atoms with E-state index in [1.165, 1.54) is 6.07 Å².